The van der Waals surface area contributed by atoms with Crippen LogP contribution in [-0.4, -0.2) is 35.6 Å². The molecular formula is C18H21N3O2. The maximum Gasteiger partial charge on any atom is 0.317 e. The number of hydrogen-bond acceptors (Lipinski definition) is 3. The summed E-state index contributed by atoms with van der Waals surface area (Å²) in [6.45, 7) is 2.50. The Morgan fingerprint density at radius 1 is 1.35 bits per heavy atom. The third-order valence-corrected chi connectivity index (χ3v) is 4.28. The Kier molecular flexibility index (Phi) is 4.46. The lowest BCUT2D eigenvalue weighted by molar-refractivity contribution is 0.182. The van der Waals surface area contributed by atoms with Crippen LogP contribution < -0.4 is 10.1 Å². The van der Waals surface area contributed by atoms with Crippen molar-refractivity contribution >= 4 is 6.03 Å². The monoisotopic (exact) mass is 311 g/mol. The van der Waals surface area contributed by atoms with Crippen molar-refractivity contribution in [2.45, 2.75) is 25.5 Å². The van der Waals surface area contributed by atoms with Crippen LogP contribution in [0.15, 0.2) is 48.8 Å². The van der Waals surface area contributed by atoms with Crippen LogP contribution in [0.1, 0.15) is 24.1 Å². The molecule has 0 spiro atoms. The van der Waals surface area contributed by atoms with Gasteiger partial charge in [0, 0.05) is 25.9 Å². The first-order valence-corrected chi connectivity index (χ1v) is 7.80. The van der Waals surface area contributed by atoms with E-state index >= 15 is 0 Å². The van der Waals surface area contributed by atoms with Crippen LogP contribution in [0.5, 0.6) is 5.75 Å². The lowest BCUT2D eigenvalue weighted by atomic mass is 10.1. The largest absolute Gasteiger partial charge is 0.488 e. The van der Waals surface area contributed by atoms with Crippen molar-refractivity contribution in [3.05, 3.63) is 59.9 Å². The van der Waals surface area contributed by atoms with Crippen molar-refractivity contribution in [1.82, 2.24) is 15.2 Å². The minimum Gasteiger partial charge on any atom is -0.488 e. The molecule has 0 aliphatic carbocycles. The minimum absolute atomic E-state index is 0.000909. The fourth-order valence-corrected chi connectivity index (χ4v) is 2.74. The predicted octanol–water partition coefficient (Wildman–Crippen LogP) is 2.79. The number of nitrogens with zero attached hydrogens (tertiary/aromatic N) is 2. The number of nitrogens with one attached hydrogen (secondary N) is 1. The first-order chi connectivity index (χ1) is 11.1. The number of ether oxygens (including phenoxy) is 1. The summed E-state index contributed by atoms with van der Waals surface area (Å²) in [6, 6.07) is 11.7. The fraction of sp³-hybridized carbons (Fsp3) is 0.333. The third-order valence-electron chi connectivity index (χ3n) is 4.28. The van der Waals surface area contributed by atoms with Gasteiger partial charge in [-0.2, -0.15) is 0 Å². The molecule has 120 valence electrons. The molecule has 1 aromatic heterocycles. The van der Waals surface area contributed by atoms with Gasteiger partial charge in [-0.05, 0) is 36.2 Å². The zero-order valence-corrected chi connectivity index (χ0v) is 13.4. The number of para-hydroxylation sites is 1. The van der Waals surface area contributed by atoms with Crippen LogP contribution in [0.25, 0.3) is 0 Å². The van der Waals surface area contributed by atoms with Crippen molar-refractivity contribution < 1.29 is 9.53 Å². The summed E-state index contributed by atoms with van der Waals surface area (Å²) >= 11 is 0. The highest BCUT2D eigenvalue weighted by Gasteiger charge is 2.24. The number of aromatic nitrogens is 1. The number of benzene rings is 1. The topological polar surface area (TPSA) is 54.5 Å². The number of rotatable bonds is 4. The van der Waals surface area contributed by atoms with Crippen molar-refractivity contribution in [1.29, 1.82) is 0 Å². The first kappa shape index (κ1) is 15.3. The number of carbonyl (C=O) groups excluding carboxylic acids is 1. The summed E-state index contributed by atoms with van der Waals surface area (Å²) < 4.78 is 5.84. The van der Waals surface area contributed by atoms with E-state index in [9.17, 15) is 4.79 Å². The Bertz CT molecular complexity index is 650. The maximum absolute atomic E-state index is 12.3. The molecule has 1 aliphatic heterocycles. The van der Waals surface area contributed by atoms with Crippen LogP contribution in [0.3, 0.4) is 0 Å². The second kappa shape index (κ2) is 6.69. The molecule has 0 fully saturated rings. The number of hydrogen-bond donors (Lipinski definition) is 1. The van der Waals surface area contributed by atoms with Gasteiger partial charge in [0.2, 0.25) is 0 Å². The van der Waals surface area contributed by atoms with E-state index in [0.29, 0.717) is 6.54 Å². The summed E-state index contributed by atoms with van der Waals surface area (Å²) in [4.78, 5) is 18.0. The molecule has 3 rings (SSSR count). The van der Waals surface area contributed by atoms with Crippen LogP contribution in [0, 0.1) is 0 Å². The van der Waals surface area contributed by atoms with Gasteiger partial charge in [-0.15, -0.1) is 0 Å². The van der Waals surface area contributed by atoms with Crippen LogP contribution >= 0.6 is 0 Å². The van der Waals surface area contributed by atoms with Gasteiger partial charge in [0.05, 0.1) is 12.6 Å². The third kappa shape index (κ3) is 3.44. The minimum atomic E-state index is -0.103. The summed E-state index contributed by atoms with van der Waals surface area (Å²) in [6.07, 6.45) is 4.31. The molecule has 1 aromatic carbocycles. The van der Waals surface area contributed by atoms with Crippen molar-refractivity contribution in [3.63, 3.8) is 0 Å². The SMILES string of the molecule is CC(c1ccncc1)N(C)C(=O)NCC1Cc2ccccc2O1. The van der Waals surface area contributed by atoms with Crippen LogP contribution in [0.4, 0.5) is 4.79 Å². The van der Waals surface area contributed by atoms with Crippen molar-refractivity contribution in [2.75, 3.05) is 13.6 Å². The Labute approximate surface area is 136 Å². The lowest BCUT2D eigenvalue weighted by Gasteiger charge is -2.26. The molecular weight excluding hydrogens is 290 g/mol. The standard InChI is InChI=1S/C18H21N3O2/c1-13(14-7-9-19-10-8-14)21(2)18(22)20-12-16-11-15-5-3-4-6-17(15)23-16/h3-10,13,16H,11-12H2,1-2H3,(H,20,22). The fourth-order valence-electron chi connectivity index (χ4n) is 2.74. The molecule has 5 nitrogen and oxygen atoms in total. The van der Waals surface area contributed by atoms with Gasteiger partial charge in [0.1, 0.15) is 11.9 Å². The molecule has 2 heterocycles. The number of carbonyl (C=O) groups is 1. The van der Waals surface area contributed by atoms with E-state index in [-0.39, 0.29) is 18.2 Å². The zero-order valence-electron chi connectivity index (χ0n) is 13.4. The molecule has 0 bridgehead atoms. The quantitative estimate of drug-likeness (QED) is 0.944. The van der Waals surface area contributed by atoms with E-state index in [0.717, 1.165) is 17.7 Å². The zero-order chi connectivity index (χ0) is 16.2. The Morgan fingerprint density at radius 3 is 2.83 bits per heavy atom. The highest BCUT2D eigenvalue weighted by Crippen LogP contribution is 2.27. The molecule has 5 heteroatoms. The van der Waals surface area contributed by atoms with E-state index < -0.39 is 0 Å². The second-order valence-electron chi connectivity index (χ2n) is 5.81. The van der Waals surface area contributed by atoms with Crippen LogP contribution in [0.2, 0.25) is 0 Å². The van der Waals surface area contributed by atoms with Gasteiger partial charge in [-0.1, -0.05) is 18.2 Å². The van der Waals surface area contributed by atoms with Gasteiger partial charge in [0.15, 0.2) is 0 Å². The number of pyridine rings is 1. The Morgan fingerprint density at radius 2 is 2.09 bits per heavy atom. The molecule has 2 aromatic rings. The number of urea groups is 1. The molecule has 2 atom stereocenters. The highest BCUT2D eigenvalue weighted by molar-refractivity contribution is 5.74. The molecule has 1 aliphatic rings. The van der Waals surface area contributed by atoms with Gasteiger partial charge in [-0.3, -0.25) is 4.98 Å². The van der Waals surface area contributed by atoms with Gasteiger partial charge >= 0.3 is 6.03 Å². The van der Waals surface area contributed by atoms with E-state index in [4.69, 9.17) is 4.74 Å². The summed E-state index contributed by atoms with van der Waals surface area (Å²) in [5.74, 6) is 0.922. The normalized spacial score (nSPS) is 17.0. The van der Waals surface area contributed by atoms with E-state index in [1.54, 1.807) is 24.3 Å². The summed E-state index contributed by atoms with van der Waals surface area (Å²) in [5.41, 5.74) is 2.26. The van der Waals surface area contributed by atoms with E-state index in [1.807, 2.05) is 37.3 Å². The highest BCUT2D eigenvalue weighted by atomic mass is 16.5. The maximum atomic E-state index is 12.3. The average Bonchev–Trinajstić information content (AvgIpc) is 3.02. The molecule has 23 heavy (non-hydrogen) atoms. The van der Waals surface area contributed by atoms with Gasteiger partial charge in [0.25, 0.3) is 0 Å². The van der Waals surface area contributed by atoms with Crippen molar-refractivity contribution in [2.24, 2.45) is 0 Å². The Balaban J connectivity index is 1.52. The van der Waals surface area contributed by atoms with E-state index in [1.165, 1.54) is 5.56 Å². The lowest BCUT2D eigenvalue weighted by Crippen LogP contribution is -2.42. The molecule has 2 unspecified atom stereocenters. The van der Waals surface area contributed by atoms with E-state index in [2.05, 4.69) is 16.4 Å². The smallest absolute Gasteiger partial charge is 0.317 e. The number of amides is 2. The predicted molar refractivity (Wildman–Crippen MR) is 88.4 cm³/mol. The Hall–Kier alpha value is -2.56. The first-order valence-electron chi connectivity index (χ1n) is 7.80. The average molecular weight is 311 g/mol. The van der Waals surface area contributed by atoms with Crippen LogP contribution in [-0.2, 0) is 6.42 Å². The van der Waals surface area contributed by atoms with Gasteiger partial charge in [-0.25, -0.2) is 4.79 Å². The summed E-state index contributed by atoms with van der Waals surface area (Å²) in [7, 11) is 1.80. The molecule has 0 radical (unpaired) electrons. The molecule has 1 N–H and O–H groups in total. The second-order valence-corrected chi connectivity index (χ2v) is 5.81. The summed E-state index contributed by atoms with van der Waals surface area (Å²) in [5, 5.41) is 2.96. The molecule has 0 saturated heterocycles. The molecule has 0 saturated carbocycles. The molecule has 2 amide bonds. The van der Waals surface area contributed by atoms with Crippen molar-refractivity contribution in [3.8, 4) is 5.75 Å². The number of fused-ring (bicyclic) bond motifs is 1. The van der Waals surface area contributed by atoms with Gasteiger partial charge < -0.3 is 15.0 Å².